The lowest BCUT2D eigenvalue weighted by Crippen LogP contribution is -2.17. The average Bonchev–Trinajstić information content (AvgIpc) is 3.96. The molecule has 286 valence electrons. The van der Waals surface area contributed by atoms with Crippen LogP contribution in [-0.2, 0) is 0 Å². The highest BCUT2D eigenvalue weighted by Crippen LogP contribution is 2.45. The molecule has 5 nitrogen and oxygen atoms in total. The van der Waals surface area contributed by atoms with Gasteiger partial charge in [-0.1, -0.05) is 115 Å². The Balaban J connectivity index is 1.02. The molecule has 0 fully saturated rings. The van der Waals surface area contributed by atoms with Gasteiger partial charge in [-0.05, 0) is 102 Å². The van der Waals surface area contributed by atoms with Crippen LogP contribution in [0.15, 0.2) is 205 Å². The van der Waals surface area contributed by atoms with Gasteiger partial charge < -0.3 is 13.7 Å². The van der Waals surface area contributed by atoms with Crippen LogP contribution in [0.5, 0.6) is 0 Å². The fraction of sp³-hybridized carbons (Fsp3) is 0.0714. The molecule has 5 heteroatoms. The Morgan fingerprint density at radius 2 is 1.02 bits per heavy atom. The summed E-state index contributed by atoms with van der Waals surface area (Å²) in [7, 11) is 0. The summed E-state index contributed by atoms with van der Waals surface area (Å²) < 4.78 is 7.17. The van der Waals surface area contributed by atoms with Gasteiger partial charge in [-0.25, -0.2) is 0 Å². The molecule has 0 spiro atoms. The van der Waals surface area contributed by atoms with Crippen LogP contribution in [0.1, 0.15) is 35.9 Å². The fourth-order valence-corrected chi connectivity index (χ4v) is 10.3. The van der Waals surface area contributed by atoms with Crippen LogP contribution in [0.3, 0.4) is 0 Å². The number of aromatic nitrogens is 3. The first-order chi connectivity index (χ1) is 30.2. The third kappa shape index (κ3) is 5.38. The lowest BCUT2D eigenvalue weighted by molar-refractivity contribution is 0.606. The van der Waals surface area contributed by atoms with Crippen LogP contribution in [0.4, 0.5) is 0 Å². The smallest absolute Gasteiger partial charge is 0.0991 e. The lowest BCUT2D eigenvalue weighted by Gasteiger charge is -2.30. The van der Waals surface area contributed by atoms with Gasteiger partial charge in [-0.15, -0.1) is 0 Å². The lowest BCUT2D eigenvalue weighted by atomic mass is 9.80. The molecular formula is C56H37N5. The van der Waals surface area contributed by atoms with E-state index in [4.69, 9.17) is 0 Å². The van der Waals surface area contributed by atoms with E-state index in [9.17, 15) is 10.5 Å². The van der Waals surface area contributed by atoms with Crippen molar-refractivity contribution in [2.75, 3.05) is 0 Å². The highest BCUT2D eigenvalue weighted by Gasteiger charge is 2.29. The number of nitrogens with zero attached hydrogens (tertiary/aromatic N) is 5. The van der Waals surface area contributed by atoms with E-state index in [1.165, 1.54) is 49.3 Å². The van der Waals surface area contributed by atoms with Crippen molar-refractivity contribution in [1.29, 1.82) is 10.5 Å². The second kappa shape index (κ2) is 13.7. The zero-order valence-electron chi connectivity index (χ0n) is 33.2. The summed E-state index contributed by atoms with van der Waals surface area (Å²) in [5, 5.41) is 27.4. The van der Waals surface area contributed by atoms with Gasteiger partial charge in [0.25, 0.3) is 0 Å². The summed E-state index contributed by atoms with van der Waals surface area (Å²) in [5.41, 5.74) is 14.2. The Morgan fingerprint density at radius 1 is 0.459 bits per heavy atom. The molecule has 2 aliphatic rings. The average molecular weight is 780 g/mol. The summed E-state index contributed by atoms with van der Waals surface area (Å²) in [6, 6.07) is 62.9. The van der Waals surface area contributed by atoms with Crippen molar-refractivity contribution in [1.82, 2.24) is 13.7 Å². The third-order valence-corrected chi connectivity index (χ3v) is 13.0. The summed E-state index contributed by atoms with van der Waals surface area (Å²) in [6.45, 7) is 0. The number of para-hydroxylation sites is 4. The molecule has 2 aliphatic carbocycles. The monoisotopic (exact) mass is 779 g/mol. The molecule has 0 aliphatic heterocycles. The first-order valence-electron chi connectivity index (χ1n) is 20.9. The molecule has 2 unspecified atom stereocenters. The first kappa shape index (κ1) is 34.9. The third-order valence-electron chi connectivity index (χ3n) is 13.0. The maximum Gasteiger partial charge on any atom is 0.0991 e. The van der Waals surface area contributed by atoms with E-state index < -0.39 is 0 Å². The largest absolute Gasteiger partial charge is 0.332 e. The van der Waals surface area contributed by atoms with Gasteiger partial charge in [0, 0.05) is 60.7 Å². The van der Waals surface area contributed by atoms with E-state index in [2.05, 4.69) is 184 Å². The number of allylic oxidation sites excluding steroid dienone is 8. The molecule has 0 N–H and O–H groups in total. The molecule has 3 heterocycles. The number of rotatable bonds is 5. The van der Waals surface area contributed by atoms with Gasteiger partial charge in [0.15, 0.2) is 0 Å². The molecule has 0 bridgehead atoms. The van der Waals surface area contributed by atoms with Crippen molar-refractivity contribution in [3.63, 3.8) is 0 Å². The standard InChI is InChI=1S/C56H37N5/c57-34-36-22-26-55-48(28-36)46-16-7-11-21-53(46)61(55)56-32-38(23-24-39(56)35-58)41-29-40(37-12-2-1-3-13-37)30-43(31-41)60-52-20-10-6-17-47(52)49-33-42(25-27-54(49)60)59-50-18-8-4-14-44(50)45-15-5-9-19-51(45)59/h1-28,30-31,33,40,56H,29,32H2. The van der Waals surface area contributed by atoms with Crippen molar-refractivity contribution in [2.24, 2.45) is 0 Å². The summed E-state index contributed by atoms with van der Waals surface area (Å²) in [4.78, 5) is 0. The summed E-state index contributed by atoms with van der Waals surface area (Å²) in [6.07, 6.45) is 10.6. The van der Waals surface area contributed by atoms with Crippen molar-refractivity contribution in [3.05, 3.63) is 216 Å². The topological polar surface area (TPSA) is 62.4 Å². The maximum atomic E-state index is 10.6. The molecule has 0 amide bonds. The molecule has 61 heavy (non-hydrogen) atoms. The molecule has 0 saturated heterocycles. The van der Waals surface area contributed by atoms with Crippen LogP contribution in [0.25, 0.3) is 76.8 Å². The Morgan fingerprint density at radius 3 is 1.70 bits per heavy atom. The van der Waals surface area contributed by atoms with Crippen LogP contribution in [0.2, 0.25) is 0 Å². The van der Waals surface area contributed by atoms with Gasteiger partial charge in [0.2, 0.25) is 0 Å². The highest BCUT2D eigenvalue weighted by atomic mass is 15.0. The summed E-state index contributed by atoms with van der Waals surface area (Å²) in [5.74, 6) is 0.141. The Kier molecular flexibility index (Phi) is 7.85. The Labute approximate surface area is 352 Å². The SMILES string of the molecule is N#CC1=CC=C(C2=CC(n3c4ccccc4c4cc(-n5c6ccccc6c6ccccc65)ccc43)=CC(c3ccccc3)C2)CC1n1c2ccccc2c2cc(C#N)ccc21. The van der Waals surface area contributed by atoms with Crippen LogP contribution < -0.4 is 0 Å². The molecule has 2 atom stereocenters. The second-order valence-corrected chi connectivity index (χ2v) is 16.3. The Hall–Kier alpha value is -8.12. The highest BCUT2D eigenvalue weighted by molar-refractivity contribution is 6.13. The first-order valence-corrected chi connectivity index (χ1v) is 20.9. The minimum Gasteiger partial charge on any atom is -0.332 e. The van der Waals surface area contributed by atoms with Gasteiger partial charge in [-0.2, -0.15) is 10.5 Å². The molecule has 0 saturated carbocycles. The number of fused-ring (bicyclic) bond motifs is 9. The number of hydrogen-bond acceptors (Lipinski definition) is 2. The zero-order valence-corrected chi connectivity index (χ0v) is 33.2. The minimum atomic E-state index is -0.210. The van der Waals surface area contributed by atoms with Crippen LogP contribution in [-0.4, -0.2) is 13.7 Å². The van der Waals surface area contributed by atoms with E-state index >= 15 is 0 Å². The molecule has 10 aromatic rings. The van der Waals surface area contributed by atoms with E-state index in [1.54, 1.807) is 0 Å². The fourth-order valence-electron chi connectivity index (χ4n) is 10.3. The normalized spacial score (nSPS) is 16.8. The minimum absolute atomic E-state index is 0.141. The van der Waals surface area contributed by atoms with Crippen LogP contribution >= 0.6 is 0 Å². The Bertz CT molecular complexity index is 3630. The summed E-state index contributed by atoms with van der Waals surface area (Å²) >= 11 is 0. The molecule has 7 aromatic carbocycles. The zero-order chi connectivity index (χ0) is 40.6. The van der Waals surface area contributed by atoms with E-state index in [0.29, 0.717) is 12.0 Å². The predicted octanol–water partition coefficient (Wildman–Crippen LogP) is 13.8. The predicted molar refractivity (Wildman–Crippen MR) is 250 cm³/mol. The van der Waals surface area contributed by atoms with Crippen molar-refractivity contribution >= 4 is 71.1 Å². The van der Waals surface area contributed by atoms with Gasteiger partial charge in [-0.3, -0.25) is 0 Å². The van der Waals surface area contributed by atoms with E-state index in [1.807, 2.05) is 30.3 Å². The van der Waals surface area contributed by atoms with Crippen LogP contribution in [0, 0.1) is 22.7 Å². The van der Waals surface area contributed by atoms with Gasteiger partial charge >= 0.3 is 0 Å². The van der Waals surface area contributed by atoms with E-state index in [-0.39, 0.29) is 12.0 Å². The van der Waals surface area contributed by atoms with Gasteiger partial charge in [0.1, 0.15) is 0 Å². The number of hydrogen-bond donors (Lipinski definition) is 0. The van der Waals surface area contributed by atoms with Crippen molar-refractivity contribution in [2.45, 2.75) is 24.8 Å². The van der Waals surface area contributed by atoms with Crippen molar-refractivity contribution in [3.8, 4) is 17.8 Å². The van der Waals surface area contributed by atoms with E-state index in [0.717, 1.165) is 56.2 Å². The number of benzene rings is 7. The second-order valence-electron chi connectivity index (χ2n) is 16.3. The molecule has 12 rings (SSSR count). The maximum absolute atomic E-state index is 10.6. The molecule has 3 aromatic heterocycles. The molecule has 0 radical (unpaired) electrons. The quantitative estimate of drug-likeness (QED) is 0.175. The van der Waals surface area contributed by atoms with Crippen molar-refractivity contribution < 1.29 is 0 Å². The number of nitriles is 2. The molecular weight excluding hydrogens is 743 g/mol. The van der Waals surface area contributed by atoms with Gasteiger partial charge in [0.05, 0.1) is 51.4 Å².